The minimum atomic E-state index is -3.49. The molecule has 37 heavy (non-hydrogen) atoms. The summed E-state index contributed by atoms with van der Waals surface area (Å²) in [5.41, 5.74) is 6.55. The zero-order valence-corrected chi connectivity index (χ0v) is 21.2. The minimum Gasteiger partial charge on any atom is -0.381 e. The van der Waals surface area contributed by atoms with Crippen molar-refractivity contribution in [3.63, 3.8) is 0 Å². The Labute approximate surface area is 215 Å². The van der Waals surface area contributed by atoms with E-state index in [9.17, 15) is 32.7 Å². The van der Waals surface area contributed by atoms with E-state index in [1.54, 1.807) is 54.6 Å². The van der Waals surface area contributed by atoms with Crippen LogP contribution in [-0.4, -0.2) is 67.3 Å². The molecule has 0 aromatic heterocycles. The van der Waals surface area contributed by atoms with Crippen LogP contribution in [0.5, 0.6) is 0 Å². The maximum absolute atomic E-state index is 13.1. The monoisotopic (exact) mass is 532 g/mol. The number of rotatable bonds is 14. The van der Waals surface area contributed by atoms with E-state index in [2.05, 4.69) is 16.0 Å². The Hall–Kier alpha value is -3.77. The molecule has 0 fully saturated rings. The third-order valence-corrected chi connectivity index (χ3v) is 6.33. The van der Waals surface area contributed by atoms with Gasteiger partial charge in [0.2, 0.25) is 17.7 Å². The van der Waals surface area contributed by atoms with Crippen molar-refractivity contribution in [1.29, 1.82) is 0 Å². The van der Waals surface area contributed by atoms with E-state index in [4.69, 9.17) is 5.73 Å². The average Bonchev–Trinajstić information content (AvgIpc) is 2.84. The number of amides is 4. The topological polar surface area (TPSA) is 185 Å². The number of sulfone groups is 1. The average molecular weight is 533 g/mol. The van der Waals surface area contributed by atoms with Crippen LogP contribution < -0.4 is 21.7 Å². The van der Waals surface area contributed by atoms with Crippen LogP contribution in [0.1, 0.15) is 24.0 Å². The summed E-state index contributed by atoms with van der Waals surface area (Å²) in [7, 11) is -3.49. The van der Waals surface area contributed by atoms with Gasteiger partial charge in [-0.15, -0.1) is 0 Å². The van der Waals surface area contributed by atoms with Gasteiger partial charge in [0.05, 0.1) is 11.8 Å². The Balaban J connectivity index is 2.20. The van der Waals surface area contributed by atoms with E-state index < -0.39 is 63.8 Å². The Morgan fingerprint density at radius 1 is 0.892 bits per heavy atom. The lowest BCUT2D eigenvalue weighted by Crippen LogP contribution is -2.56. The second-order valence-corrected chi connectivity index (χ2v) is 10.9. The molecule has 0 aliphatic carbocycles. The molecular formula is C25H32N4O7S. The van der Waals surface area contributed by atoms with Crippen LogP contribution in [0.2, 0.25) is 0 Å². The standard InChI is InChI=1S/C25H32N4O7S/c1-37(35,36)13-12-19(28-22(31)15-21(26)30)24(33)29-20(14-17-8-4-2-5-9-17)23(32)25(34)27-16-18-10-6-3-7-11-18/h2-11,19-20,23,32H,12-16H2,1H3,(H2,26,30)(H,27,34)(H,28,31)(H,29,33)/t19-,20?,23-/m0/s1. The van der Waals surface area contributed by atoms with Gasteiger partial charge in [-0.25, -0.2) is 8.42 Å². The minimum absolute atomic E-state index is 0.0700. The van der Waals surface area contributed by atoms with Gasteiger partial charge in [0, 0.05) is 12.8 Å². The number of aliphatic hydroxyl groups is 1. The third kappa shape index (κ3) is 11.2. The predicted octanol–water partition coefficient (Wildman–Crippen LogP) is -0.814. The van der Waals surface area contributed by atoms with E-state index in [1.165, 1.54) is 0 Å². The number of hydrogen-bond donors (Lipinski definition) is 5. The fourth-order valence-electron chi connectivity index (χ4n) is 3.47. The molecule has 0 bridgehead atoms. The van der Waals surface area contributed by atoms with E-state index in [-0.39, 0.29) is 19.4 Å². The van der Waals surface area contributed by atoms with Gasteiger partial charge in [0.1, 0.15) is 22.3 Å². The molecule has 0 heterocycles. The fraction of sp³-hybridized carbons (Fsp3) is 0.360. The number of hydrogen-bond acceptors (Lipinski definition) is 7. The number of carbonyl (C=O) groups is 4. The van der Waals surface area contributed by atoms with E-state index in [1.807, 2.05) is 6.07 Å². The Kier molecular flexibility index (Phi) is 11.2. The molecule has 2 rings (SSSR count). The molecule has 0 aliphatic rings. The van der Waals surface area contributed by atoms with Gasteiger partial charge < -0.3 is 26.8 Å². The maximum Gasteiger partial charge on any atom is 0.251 e. The summed E-state index contributed by atoms with van der Waals surface area (Å²) in [6.45, 7) is 0.156. The molecule has 0 saturated carbocycles. The van der Waals surface area contributed by atoms with E-state index in [0.717, 1.165) is 11.8 Å². The lowest BCUT2D eigenvalue weighted by molar-refractivity contribution is -0.135. The summed E-state index contributed by atoms with van der Waals surface area (Å²) in [6, 6.07) is 15.4. The number of nitrogens with one attached hydrogen (secondary N) is 3. The highest BCUT2D eigenvalue weighted by atomic mass is 32.2. The molecule has 6 N–H and O–H groups in total. The highest BCUT2D eigenvalue weighted by Crippen LogP contribution is 2.09. The molecule has 4 amide bonds. The molecule has 3 atom stereocenters. The van der Waals surface area contributed by atoms with Crippen molar-refractivity contribution < 1.29 is 32.7 Å². The first-order valence-corrected chi connectivity index (χ1v) is 13.6. The van der Waals surface area contributed by atoms with Crippen LogP contribution in [0.25, 0.3) is 0 Å². The van der Waals surface area contributed by atoms with Gasteiger partial charge in [-0.3, -0.25) is 19.2 Å². The zero-order valence-electron chi connectivity index (χ0n) is 20.4. The number of aliphatic hydroxyl groups excluding tert-OH is 1. The first-order valence-electron chi connectivity index (χ1n) is 11.5. The summed E-state index contributed by atoms with van der Waals surface area (Å²) in [5.74, 6) is -3.76. The molecule has 12 heteroatoms. The van der Waals surface area contributed by atoms with Crippen molar-refractivity contribution in [3.8, 4) is 0 Å². The van der Waals surface area contributed by atoms with Gasteiger partial charge in [0.25, 0.3) is 5.91 Å². The van der Waals surface area contributed by atoms with Crippen LogP contribution in [0.4, 0.5) is 0 Å². The first-order chi connectivity index (χ1) is 17.4. The lowest BCUT2D eigenvalue weighted by atomic mass is 9.99. The molecule has 2 aromatic rings. The molecule has 0 spiro atoms. The molecule has 2 aromatic carbocycles. The summed E-state index contributed by atoms with van der Waals surface area (Å²) in [4.78, 5) is 49.0. The Bertz CT molecular complexity index is 1170. The van der Waals surface area contributed by atoms with Crippen LogP contribution in [0, 0.1) is 0 Å². The molecule has 0 aliphatic heterocycles. The van der Waals surface area contributed by atoms with E-state index >= 15 is 0 Å². The predicted molar refractivity (Wildman–Crippen MR) is 136 cm³/mol. The highest BCUT2D eigenvalue weighted by Gasteiger charge is 2.31. The van der Waals surface area contributed by atoms with Gasteiger partial charge >= 0.3 is 0 Å². The van der Waals surface area contributed by atoms with Gasteiger partial charge in [0.15, 0.2) is 6.10 Å². The van der Waals surface area contributed by atoms with Crippen molar-refractivity contribution in [2.75, 3.05) is 12.0 Å². The van der Waals surface area contributed by atoms with Crippen LogP contribution in [-0.2, 0) is 42.0 Å². The Morgan fingerprint density at radius 3 is 2.00 bits per heavy atom. The van der Waals surface area contributed by atoms with Crippen molar-refractivity contribution in [1.82, 2.24) is 16.0 Å². The van der Waals surface area contributed by atoms with Crippen LogP contribution in [0.15, 0.2) is 60.7 Å². The molecular weight excluding hydrogens is 500 g/mol. The molecule has 200 valence electrons. The third-order valence-electron chi connectivity index (χ3n) is 5.35. The summed E-state index contributed by atoms with van der Waals surface area (Å²) in [6.07, 6.45) is -1.60. The highest BCUT2D eigenvalue weighted by molar-refractivity contribution is 7.90. The number of carbonyl (C=O) groups excluding carboxylic acids is 4. The maximum atomic E-state index is 13.1. The van der Waals surface area contributed by atoms with Gasteiger partial charge in [-0.05, 0) is 24.0 Å². The van der Waals surface area contributed by atoms with Crippen LogP contribution in [0.3, 0.4) is 0 Å². The quantitative estimate of drug-likeness (QED) is 0.197. The number of benzene rings is 2. The smallest absolute Gasteiger partial charge is 0.251 e. The van der Waals surface area contributed by atoms with Gasteiger partial charge in [-0.2, -0.15) is 0 Å². The van der Waals surface area contributed by atoms with Gasteiger partial charge in [-0.1, -0.05) is 60.7 Å². The molecule has 0 radical (unpaired) electrons. The normalized spacial score (nSPS) is 13.6. The second kappa shape index (κ2) is 14.1. The fourth-order valence-corrected chi connectivity index (χ4v) is 4.13. The number of nitrogens with two attached hydrogens (primary N) is 1. The van der Waals surface area contributed by atoms with Crippen LogP contribution >= 0.6 is 0 Å². The molecule has 1 unspecified atom stereocenters. The SMILES string of the molecule is CS(=O)(=O)CC[C@H](NC(=O)CC(N)=O)C(=O)NC(Cc1ccccc1)[C@H](O)C(=O)NCc1ccccc1. The number of primary amides is 1. The lowest BCUT2D eigenvalue weighted by Gasteiger charge is -2.26. The molecule has 11 nitrogen and oxygen atoms in total. The van der Waals surface area contributed by atoms with Crippen molar-refractivity contribution >= 4 is 33.5 Å². The van der Waals surface area contributed by atoms with Crippen molar-refractivity contribution in [2.45, 2.75) is 44.0 Å². The Morgan fingerprint density at radius 2 is 1.46 bits per heavy atom. The second-order valence-electron chi connectivity index (χ2n) is 8.63. The van der Waals surface area contributed by atoms with Crippen molar-refractivity contribution in [2.24, 2.45) is 5.73 Å². The first kappa shape index (κ1) is 29.5. The summed E-state index contributed by atoms with van der Waals surface area (Å²) in [5, 5.41) is 18.3. The van der Waals surface area contributed by atoms with Crippen molar-refractivity contribution in [3.05, 3.63) is 71.8 Å². The van der Waals surface area contributed by atoms with E-state index in [0.29, 0.717) is 5.56 Å². The summed E-state index contributed by atoms with van der Waals surface area (Å²) < 4.78 is 23.3. The molecule has 0 saturated heterocycles. The largest absolute Gasteiger partial charge is 0.381 e. The summed E-state index contributed by atoms with van der Waals surface area (Å²) >= 11 is 0. The zero-order chi connectivity index (χ0) is 27.4.